The molecular formula is C24H21Cl2N3O2S2. The molecule has 1 aromatic carbocycles. The van der Waals surface area contributed by atoms with Crippen molar-refractivity contribution in [2.45, 2.75) is 42.0 Å². The van der Waals surface area contributed by atoms with Crippen LogP contribution in [0.5, 0.6) is 0 Å². The number of amides is 1. The highest BCUT2D eigenvalue weighted by Crippen LogP contribution is 2.63. The molecule has 3 aromatic rings. The van der Waals surface area contributed by atoms with Crippen molar-refractivity contribution in [3.8, 4) is 0 Å². The van der Waals surface area contributed by atoms with Gasteiger partial charge in [-0.1, -0.05) is 40.6 Å². The number of carbonyl (C=O) groups is 1. The molecule has 0 radical (unpaired) electrons. The molecule has 1 N–H and O–H groups in total. The highest BCUT2D eigenvalue weighted by Gasteiger charge is 2.55. The van der Waals surface area contributed by atoms with Gasteiger partial charge in [0.25, 0.3) is 0 Å². The van der Waals surface area contributed by atoms with E-state index in [2.05, 4.69) is 16.4 Å². The highest BCUT2D eigenvalue weighted by molar-refractivity contribution is 8.00. The van der Waals surface area contributed by atoms with Gasteiger partial charge in [0.15, 0.2) is 0 Å². The summed E-state index contributed by atoms with van der Waals surface area (Å²) >= 11 is 15.2. The minimum Gasteiger partial charge on any atom is -0.324 e. The van der Waals surface area contributed by atoms with Gasteiger partial charge in [-0.2, -0.15) is 0 Å². The first-order valence-electron chi connectivity index (χ1n) is 11.0. The Morgan fingerprint density at radius 2 is 2.03 bits per heavy atom. The molecular weight excluding hydrogens is 497 g/mol. The molecule has 33 heavy (non-hydrogen) atoms. The zero-order chi connectivity index (χ0) is 22.7. The molecule has 5 atom stereocenters. The molecule has 2 aromatic heterocycles. The Morgan fingerprint density at radius 1 is 1.18 bits per heavy atom. The van der Waals surface area contributed by atoms with Gasteiger partial charge in [-0.15, -0.1) is 11.8 Å². The van der Waals surface area contributed by atoms with Crippen molar-refractivity contribution < 1.29 is 4.79 Å². The number of carbonyl (C=O) groups excluding carboxylic acids is 1. The maximum absolute atomic E-state index is 13.1. The van der Waals surface area contributed by atoms with Crippen molar-refractivity contribution in [2.75, 3.05) is 5.32 Å². The standard InChI is InChI=1S/C24H21Cl2N3O2S2/c25-16-6-5-15(9-17(16)26)28-18(30)11-29-23-22(33-24(29)31)20(14-2-1-7-27-10-14)19-12-3-4-13(8-12)21(19)32-23/h1-2,5-7,9-10,12-13,19-21H,3-4,8,11H2,(H,28,30)/t12?,13?,19?,20-,21?/m1/s1. The van der Waals surface area contributed by atoms with Crippen LogP contribution in [0.4, 0.5) is 5.69 Å². The smallest absolute Gasteiger partial charge is 0.308 e. The van der Waals surface area contributed by atoms with E-state index in [0.717, 1.165) is 9.90 Å². The molecule has 2 saturated carbocycles. The van der Waals surface area contributed by atoms with Crippen molar-refractivity contribution in [1.82, 2.24) is 9.55 Å². The second kappa shape index (κ2) is 8.45. The molecule has 9 heteroatoms. The van der Waals surface area contributed by atoms with E-state index in [1.807, 2.05) is 24.0 Å². The van der Waals surface area contributed by atoms with Gasteiger partial charge in [-0.3, -0.25) is 19.1 Å². The second-order valence-corrected chi connectivity index (χ2v) is 12.0. The minimum atomic E-state index is -0.260. The van der Waals surface area contributed by atoms with Crippen LogP contribution in [0.3, 0.4) is 0 Å². The van der Waals surface area contributed by atoms with Gasteiger partial charge in [0, 0.05) is 34.1 Å². The number of hydrogen-bond acceptors (Lipinski definition) is 5. The first kappa shape index (κ1) is 21.7. The number of rotatable bonds is 4. The fraction of sp³-hybridized carbons (Fsp3) is 0.375. The molecule has 3 aliphatic rings. The van der Waals surface area contributed by atoms with Crippen LogP contribution in [0.25, 0.3) is 0 Å². The third-order valence-electron chi connectivity index (χ3n) is 7.24. The maximum atomic E-state index is 13.1. The summed E-state index contributed by atoms with van der Waals surface area (Å²) in [7, 11) is 0. The number of fused-ring (bicyclic) bond motifs is 6. The van der Waals surface area contributed by atoms with E-state index in [1.165, 1.54) is 36.2 Å². The maximum Gasteiger partial charge on any atom is 0.308 e. The number of anilines is 1. The second-order valence-electron chi connectivity index (χ2n) is 9.06. The highest BCUT2D eigenvalue weighted by atomic mass is 35.5. The van der Waals surface area contributed by atoms with Crippen LogP contribution in [0.15, 0.2) is 52.5 Å². The summed E-state index contributed by atoms with van der Waals surface area (Å²) in [5, 5.41) is 5.08. The number of aromatic nitrogens is 2. The van der Waals surface area contributed by atoms with Crippen LogP contribution >= 0.6 is 46.3 Å². The van der Waals surface area contributed by atoms with Crippen LogP contribution < -0.4 is 10.2 Å². The first-order chi connectivity index (χ1) is 16.0. The summed E-state index contributed by atoms with van der Waals surface area (Å²) in [5.74, 6) is 1.83. The monoisotopic (exact) mass is 517 g/mol. The largest absolute Gasteiger partial charge is 0.324 e. The predicted octanol–water partition coefficient (Wildman–Crippen LogP) is 5.90. The molecule has 1 aliphatic heterocycles. The number of nitrogens with zero attached hydrogens (tertiary/aromatic N) is 2. The molecule has 2 fully saturated rings. The van der Waals surface area contributed by atoms with Crippen LogP contribution in [0, 0.1) is 17.8 Å². The summed E-state index contributed by atoms with van der Waals surface area (Å²) in [6.45, 7) is -0.0246. The number of hydrogen-bond donors (Lipinski definition) is 1. The molecule has 0 spiro atoms. The molecule has 3 heterocycles. The normalized spacial score (nSPS) is 27.3. The quantitative estimate of drug-likeness (QED) is 0.467. The summed E-state index contributed by atoms with van der Waals surface area (Å²) in [4.78, 5) is 31.3. The lowest BCUT2D eigenvalue weighted by Gasteiger charge is -2.40. The van der Waals surface area contributed by atoms with E-state index in [-0.39, 0.29) is 23.2 Å². The van der Waals surface area contributed by atoms with Gasteiger partial charge in [0.05, 0.1) is 15.1 Å². The first-order valence-corrected chi connectivity index (χ1v) is 13.5. The lowest BCUT2D eigenvalue weighted by Crippen LogP contribution is -2.34. The van der Waals surface area contributed by atoms with Crippen molar-refractivity contribution in [3.63, 3.8) is 0 Å². The summed E-state index contributed by atoms with van der Waals surface area (Å²) in [5.41, 5.74) is 1.73. The molecule has 170 valence electrons. The molecule has 2 bridgehead atoms. The minimum absolute atomic E-state index is 0.0246. The average molecular weight is 518 g/mol. The molecule has 6 rings (SSSR count). The van der Waals surface area contributed by atoms with Crippen LogP contribution in [0.2, 0.25) is 10.0 Å². The zero-order valence-electron chi connectivity index (χ0n) is 17.5. The van der Waals surface area contributed by atoms with E-state index in [0.29, 0.717) is 38.7 Å². The Hall–Kier alpha value is -1.80. The Labute approximate surface area is 209 Å². The van der Waals surface area contributed by atoms with Crippen LogP contribution in [0.1, 0.15) is 35.6 Å². The number of thioether (sulfide) groups is 1. The third-order valence-corrected chi connectivity index (χ3v) is 10.8. The lowest BCUT2D eigenvalue weighted by atomic mass is 9.75. The van der Waals surface area contributed by atoms with Gasteiger partial charge < -0.3 is 5.32 Å². The van der Waals surface area contributed by atoms with E-state index in [1.54, 1.807) is 29.0 Å². The van der Waals surface area contributed by atoms with Crippen molar-refractivity contribution in [2.24, 2.45) is 17.8 Å². The predicted molar refractivity (Wildman–Crippen MR) is 134 cm³/mol. The zero-order valence-corrected chi connectivity index (χ0v) is 20.7. The molecule has 2 aliphatic carbocycles. The molecule has 4 unspecified atom stereocenters. The average Bonchev–Trinajstić information content (AvgIpc) is 3.50. The van der Waals surface area contributed by atoms with Crippen molar-refractivity contribution in [3.05, 3.63) is 72.9 Å². The lowest BCUT2D eigenvalue weighted by molar-refractivity contribution is -0.116. The van der Waals surface area contributed by atoms with Crippen LogP contribution in [-0.4, -0.2) is 20.7 Å². The van der Waals surface area contributed by atoms with Gasteiger partial charge in [-0.25, -0.2) is 0 Å². The summed E-state index contributed by atoms with van der Waals surface area (Å²) in [6, 6.07) is 9.06. The summed E-state index contributed by atoms with van der Waals surface area (Å²) in [6.07, 6.45) is 7.55. The Bertz CT molecular complexity index is 1290. The molecule has 1 amide bonds. The fourth-order valence-corrected chi connectivity index (χ4v) is 9.39. The van der Waals surface area contributed by atoms with Crippen molar-refractivity contribution >= 4 is 57.9 Å². The topological polar surface area (TPSA) is 64.0 Å². The summed E-state index contributed by atoms with van der Waals surface area (Å²) < 4.78 is 1.66. The van der Waals surface area contributed by atoms with E-state index >= 15 is 0 Å². The Balaban J connectivity index is 1.35. The van der Waals surface area contributed by atoms with E-state index < -0.39 is 0 Å². The number of nitrogens with one attached hydrogen (secondary N) is 1. The van der Waals surface area contributed by atoms with Gasteiger partial charge >= 0.3 is 4.87 Å². The van der Waals surface area contributed by atoms with Crippen molar-refractivity contribution in [1.29, 1.82) is 0 Å². The Morgan fingerprint density at radius 3 is 2.82 bits per heavy atom. The number of halogens is 2. The fourth-order valence-electron chi connectivity index (χ4n) is 5.94. The van der Waals surface area contributed by atoms with E-state index in [4.69, 9.17) is 23.2 Å². The molecule has 0 saturated heterocycles. The molecule has 5 nitrogen and oxygen atoms in total. The van der Waals surface area contributed by atoms with Gasteiger partial charge in [0.1, 0.15) is 6.54 Å². The SMILES string of the molecule is O=C(Cn1c2c(sc1=O)[C@H](c1cccnc1)C1C3CCC(C3)C1S2)Nc1ccc(Cl)c(Cl)c1. The third kappa shape index (κ3) is 3.73. The number of pyridine rings is 1. The Kier molecular flexibility index (Phi) is 5.56. The number of benzene rings is 1. The van der Waals surface area contributed by atoms with E-state index in [9.17, 15) is 9.59 Å². The number of thiazole rings is 1. The van der Waals surface area contributed by atoms with Gasteiger partial charge in [-0.05, 0) is 66.8 Å². The van der Waals surface area contributed by atoms with Gasteiger partial charge in [0.2, 0.25) is 5.91 Å². The van der Waals surface area contributed by atoms with Crippen LogP contribution in [-0.2, 0) is 11.3 Å².